The summed E-state index contributed by atoms with van der Waals surface area (Å²) in [6.07, 6.45) is 19.2. The van der Waals surface area contributed by atoms with Crippen LogP contribution in [0.4, 0.5) is 0 Å². The maximum Gasteiger partial charge on any atom is 0.139 e. The number of fused-ring (bicyclic) bond motifs is 7. The first-order valence-corrected chi connectivity index (χ1v) is 17.0. The molecule has 0 saturated heterocycles. The van der Waals surface area contributed by atoms with Crippen molar-refractivity contribution in [1.82, 2.24) is 0 Å². The van der Waals surface area contributed by atoms with Gasteiger partial charge in [0.1, 0.15) is 5.78 Å². The summed E-state index contributed by atoms with van der Waals surface area (Å²) in [5, 5.41) is 11.1. The van der Waals surface area contributed by atoms with Gasteiger partial charge in [0.25, 0.3) is 0 Å². The SMILES string of the molecule is CC/C=C/C(C)(O)CCC1(C)C(=O)CCC2(C)C1CCC1(C)C2CCC2C3C(C)C(C)CCC3(C)CCC21C. The summed E-state index contributed by atoms with van der Waals surface area (Å²) >= 11 is 0. The van der Waals surface area contributed by atoms with Crippen LogP contribution in [0.2, 0.25) is 0 Å². The minimum Gasteiger partial charge on any atom is -0.386 e. The second-order valence-electron chi connectivity index (χ2n) is 17.2. The topological polar surface area (TPSA) is 37.3 Å². The van der Waals surface area contributed by atoms with E-state index in [0.717, 1.165) is 49.4 Å². The molecule has 1 N–H and O–H groups in total. The number of ketones is 1. The fourth-order valence-corrected chi connectivity index (χ4v) is 12.6. The molecule has 0 amide bonds. The molecule has 0 bridgehead atoms. The summed E-state index contributed by atoms with van der Waals surface area (Å²) in [6.45, 7) is 22.2. The van der Waals surface area contributed by atoms with Crippen LogP contribution >= 0.6 is 0 Å². The van der Waals surface area contributed by atoms with E-state index in [0.29, 0.717) is 40.3 Å². The van der Waals surface area contributed by atoms with Gasteiger partial charge in [-0.15, -0.1) is 0 Å². The lowest BCUT2D eigenvalue weighted by Crippen LogP contribution is -2.67. The van der Waals surface area contributed by atoms with Crippen molar-refractivity contribution < 1.29 is 9.90 Å². The zero-order chi connectivity index (χ0) is 28.6. The third-order valence-electron chi connectivity index (χ3n) is 15.5. The summed E-state index contributed by atoms with van der Waals surface area (Å²) in [7, 11) is 0. The van der Waals surface area contributed by atoms with Gasteiger partial charge in [-0.25, -0.2) is 0 Å². The lowest BCUT2D eigenvalue weighted by Gasteiger charge is -2.73. The molecule has 0 aromatic rings. The van der Waals surface area contributed by atoms with E-state index in [1.54, 1.807) is 0 Å². The van der Waals surface area contributed by atoms with Crippen molar-refractivity contribution in [1.29, 1.82) is 0 Å². The van der Waals surface area contributed by atoms with Crippen molar-refractivity contribution in [3.05, 3.63) is 12.2 Å². The number of carbonyl (C=O) groups excluding carboxylic acids is 1. The first-order valence-electron chi connectivity index (χ1n) is 17.0. The molecule has 12 unspecified atom stereocenters. The normalized spacial score (nSPS) is 53.3. The van der Waals surface area contributed by atoms with E-state index in [2.05, 4.69) is 61.5 Å². The van der Waals surface area contributed by atoms with Crippen LogP contribution in [0.15, 0.2) is 12.2 Å². The molecule has 12 atom stereocenters. The Morgan fingerprint density at radius 2 is 1.62 bits per heavy atom. The predicted molar refractivity (Wildman–Crippen MR) is 163 cm³/mol. The van der Waals surface area contributed by atoms with Gasteiger partial charge in [-0.05, 0) is 141 Å². The van der Waals surface area contributed by atoms with E-state index in [4.69, 9.17) is 0 Å². The molecule has 39 heavy (non-hydrogen) atoms. The highest BCUT2D eigenvalue weighted by atomic mass is 16.3. The Morgan fingerprint density at radius 1 is 0.897 bits per heavy atom. The monoisotopic (exact) mass is 538 g/mol. The first kappa shape index (κ1) is 29.8. The minimum atomic E-state index is -0.829. The van der Waals surface area contributed by atoms with Crippen LogP contribution in [0.25, 0.3) is 0 Å². The van der Waals surface area contributed by atoms with Crippen molar-refractivity contribution in [2.45, 2.75) is 151 Å². The van der Waals surface area contributed by atoms with Gasteiger partial charge in [-0.2, -0.15) is 0 Å². The highest BCUT2D eigenvalue weighted by Gasteiger charge is 2.70. The molecule has 0 aromatic carbocycles. The second kappa shape index (κ2) is 9.70. The highest BCUT2D eigenvalue weighted by Crippen LogP contribution is 2.77. The Kier molecular flexibility index (Phi) is 7.43. The molecule has 0 radical (unpaired) electrons. The van der Waals surface area contributed by atoms with Crippen molar-refractivity contribution in [2.24, 2.45) is 62.6 Å². The van der Waals surface area contributed by atoms with Crippen LogP contribution in [-0.4, -0.2) is 16.5 Å². The summed E-state index contributed by atoms with van der Waals surface area (Å²) in [5.41, 5.74) is 0.394. The molecule has 5 saturated carbocycles. The lowest BCUT2D eigenvalue weighted by atomic mass is 9.31. The van der Waals surface area contributed by atoms with E-state index in [1.807, 2.05) is 13.0 Å². The Bertz CT molecular complexity index is 980. The first-order chi connectivity index (χ1) is 18.1. The van der Waals surface area contributed by atoms with Crippen molar-refractivity contribution in [3.8, 4) is 0 Å². The van der Waals surface area contributed by atoms with Crippen LogP contribution in [-0.2, 0) is 4.79 Å². The number of allylic oxidation sites excluding steroid dienone is 1. The molecule has 2 heteroatoms. The number of hydrogen-bond donors (Lipinski definition) is 1. The molecule has 0 aliphatic heterocycles. The third-order valence-corrected chi connectivity index (χ3v) is 15.5. The van der Waals surface area contributed by atoms with E-state index in [1.165, 1.54) is 51.4 Å². The van der Waals surface area contributed by atoms with E-state index < -0.39 is 5.60 Å². The molecule has 222 valence electrons. The Labute approximate surface area is 241 Å². The van der Waals surface area contributed by atoms with Gasteiger partial charge >= 0.3 is 0 Å². The van der Waals surface area contributed by atoms with E-state index in [9.17, 15) is 9.90 Å². The Balaban J connectivity index is 1.45. The van der Waals surface area contributed by atoms with Gasteiger partial charge in [0, 0.05) is 11.8 Å². The molecule has 0 aromatic heterocycles. The zero-order valence-corrected chi connectivity index (χ0v) is 27.2. The van der Waals surface area contributed by atoms with Crippen molar-refractivity contribution in [2.75, 3.05) is 0 Å². The average molecular weight is 539 g/mol. The van der Waals surface area contributed by atoms with Crippen LogP contribution in [0.3, 0.4) is 0 Å². The lowest BCUT2D eigenvalue weighted by molar-refractivity contribution is -0.246. The third kappa shape index (κ3) is 4.29. The zero-order valence-electron chi connectivity index (χ0n) is 27.2. The molecule has 5 rings (SSSR count). The maximum absolute atomic E-state index is 13.7. The molecule has 2 nitrogen and oxygen atoms in total. The van der Waals surface area contributed by atoms with Crippen LogP contribution in [0.5, 0.6) is 0 Å². The standard InChI is InChI=1S/C37H62O2/c1-10-11-17-33(5,39)22-23-35(7)28-15-20-37(9)29(34(28,6)19-16-30(35)38)13-12-27-31-26(3)25(2)14-18-32(31,4)21-24-36(27,37)8/h11,17,25-29,31,39H,10,12-16,18-24H2,1-9H3/b17-11+. The summed E-state index contributed by atoms with van der Waals surface area (Å²) in [5.74, 6) is 5.05. The maximum atomic E-state index is 13.7. The van der Waals surface area contributed by atoms with Gasteiger partial charge in [0.05, 0.1) is 5.60 Å². The summed E-state index contributed by atoms with van der Waals surface area (Å²) in [4.78, 5) is 13.7. The Morgan fingerprint density at radius 3 is 2.31 bits per heavy atom. The largest absolute Gasteiger partial charge is 0.386 e. The summed E-state index contributed by atoms with van der Waals surface area (Å²) in [6, 6.07) is 0. The Hall–Kier alpha value is -0.630. The van der Waals surface area contributed by atoms with Gasteiger partial charge in [-0.3, -0.25) is 4.79 Å². The number of aliphatic hydroxyl groups is 1. The molecular formula is C37H62O2. The van der Waals surface area contributed by atoms with Crippen LogP contribution in [0.1, 0.15) is 146 Å². The van der Waals surface area contributed by atoms with Gasteiger partial charge < -0.3 is 5.11 Å². The van der Waals surface area contributed by atoms with Gasteiger partial charge in [0.15, 0.2) is 0 Å². The van der Waals surface area contributed by atoms with Gasteiger partial charge in [-0.1, -0.05) is 67.5 Å². The average Bonchev–Trinajstić information content (AvgIpc) is 2.88. The molecule has 5 aliphatic rings. The highest BCUT2D eigenvalue weighted by molar-refractivity contribution is 5.86. The fourth-order valence-electron chi connectivity index (χ4n) is 12.6. The fraction of sp³-hybridized carbons (Fsp3) is 0.919. The van der Waals surface area contributed by atoms with E-state index in [-0.39, 0.29) is 10.8 Å². The number of hydrogen-bond acceptors (Lipinski definition) is 2. The molecule has 5 aliphatic carbocycles. The van der Waals surface area contributed by atoms with E-state index >= 15 is 0 Å². The minimum absolute atomic E-state index is 0.223. The number of Topliss-reactive ketones (excluding diaryl/α,β-unsaturated/α-hetero) is 1. The van der Waals surface area contributed by atoms with Crippen LogP contribution in [0, 0.1) is 62.6 Å². The quantitative estimate of drug-likeness (QED) is 0.354. The van der Waals surface area contributed by atoms with Gasteiger partial charge in [0.2, 0.25) is 0 Å². The number of rotatable bonds is 5. The molecule has 0 heterocycles. The summed E-state index contributed by atoms with van der Waals surface area (Å²) < 4.78 is 0. The molecule has 0 spiro atoms. The molecular weight excluding hydrogens is 476 g/mol. The number of carbonyl (C=O) groups is 1. The predicted octanol–water partition coefficient (Wildman–Crippen LogP) is 9.79. The van der Waals surface area contributed by atoms with Crippen LogP contribution < -0.4 is 0 Å². The van der Waals surface area contributed by atoms with Crippen molar-refractivity contribution >= 4 is 5.78 Å². The van der Waals surface area contributed by atoms with Crippen molar-refractivity contribution in [3.63, 3.8) is 0 Å². The molecule has 5 fully saturated rings. The second-order valence-corrected chi connectivity index (χ2v) is 17.2. The smallest absolute Gasteiger partial charge is 0.139 e.